The van der Waals surface area contributed by atoms with Crippen molar-refractivity contribution in [2.24, 2.45) is 0 Å². The number of aromatic nitrogens is 2. The first kappa shape index (κ1) is 11.6. The average Bonchev–Trinajstić information content (AvgIpc) is 2.30. The molecule has 0 fully saturated rings. The smallest absolute Gasteiger partial charge is 0.258 e. The minimum atomic E-state index is -2.84. The highest BCUT2D eigenvalue weighted by atomic mass is 19.3. The summed E-state index contributed by atoms with van der Waals surface area (Å²) in [5, 5.41) is 0. The summed E-state index contributed by atoms with van der Waals surface area (Å²) < 4.78 is 38.1. The van der Waals surface area contributed by atoms with E-state index in [0.29, 0.717) is 11.3 Å². The van der Waals surface area contributed by atoms with E-state index in [1.54, 1.807) is 6.92 Å². The van der Waals surface area contributed by atoms with E-state index in [-0.39, 0.29) is 0 Å². The van der Waals surface area contributed by atoms with E-state index < -0.39 is 17.8 Å². The molecule has 2 aromatic rings. The van der Waals surface area contributed by atoms with E-state index in [1.165, 1.54) is 18.5 Å². The van der Waals surface area contributed by atoms with Gasteiger partial charge in [0.2, 0.25) is 0 Å². The Morgan fingerprint density at radius 2 is 1.88 bits per heavy atom. The molecule has 5 heteroatoms. The highest BCUT2D eigenvalue weighted by Crippen LogP contribution is 2.26. The van der Waals surface area contributed by atoms with Crippen molar-refractivity contribution in [3.63, 3.8) is 0 Å². The van der Waals surface area contributed by atoms with Gasteiger partial charge in [0.25, 0.3) is 6.43 Å². The maximum atomic E-state index is 13.1. The molecule has 2 rings (SSSR count). The molecule has 0 amide bonds. The van der Waals surface area contributed by atoms with Gasteiger partial charge in [-0.3, -0.25) is 9.97 Å². The van der Waals surface area contributed by atoms with E-state index in [2.05, 4.69) is 9.97 Å². The van der Waals surface area contributed by atoms with Crippen molar-refractivity contribution < 1.29 is 13.2 Å². The number of rotatable bonds is 2. The van der Waals surface area contributed by atoms with Crippen LogP contribution >= 0.6 is 0 Å². The van der Waals surface area contributed by atoms with Crippen molar-refractivity contribution in [1.82, 2.24) is 9.97 Å². The van der Waals surface area contributed by atoms with Crippen molar-refractivity contribution in [3.8, 4) is 11.3 Å². The number of halogens is 3. The Bertz CT molecular complexity index is 524. The number of alkyl halides is 2. The Morgan fingerprint density at radius 3 is 2.47 bits per heavy atom. The molecule has 17 heavy (non-hydrogen) atoms. The van der Waals surface area contributed by atoms with E-state index in [4.69, 9.17) is 0 Å². The lowest BCUT2D eigenvalue weighted by atomic mass is 10.1. The number of aryl methyl sites for hydroxylation is 1. The van der Waals surface area contributed by atoms with Gasteiger partial charge in [0, 0.05) is 11.8 Å². The van der Waals surface area contributed by atoms with Crippen molar-refractivity contribution in [2.75, 3.05) is 0 Å². The lowest BCUT2D eigenvalue weighted by molar-refractivity contribution is 0.146. The first-order valence-electron chi connectivity index (χ1n) is 4.94. The fourth-order valence-electron chi connectivity index (χ4n) is 1.41. The molecule has 1 aromatic carbocycles. The number of benzene rings is 1. The molecule has 1 aromatic heterocycles. The third-order valence-corrected chi connectivity index (χ3v) is 2.31. The van der Waals surface area contributed by atoms with Gasteiger partial charge in [0.15, 0.2) is 0 Å². The van der Waals surface area contributed by atoms with Crippen LogP contribution in [0.15, 0.2) is 30.6 Å². The van der Waals surface area contributed by atoms with Gasteiger partial charge < -0.3 is 0 Å². The quantitative estimate of drug-likeness (QED) is 0.799. The second-order valence-corrected chi connectivity index (χ2v) is 3.58. The van der Waals surface area contributed by atoms with Gasteiger partial charge in [0.1, 0.15) is 5.82 Å². The Balaban J connectivity index is 2.46. The van der Waals surface area contributed by atoms with Crippen LogP contribution in [-0.2, 0) is 0 Å². The largest absolute Gasteiger partial charge is 0.266 e. The van der Waals surface area contributed by atoms with Crippen LogP contribution in [0.5, 0.6) is 0 Å². The highest BCUT2D eigenvalue weighted by molar-refractivity contribution is 5.59. The van der Waals surface area contributed by atoms with Gasteiger partial charge in [0.05, 0.1) is 23.1 Å². The predicted molar refractivity (Wildman–Crippen MR) is 57.1 cm³/mol. The second kappa shape index (κ2) is 4.53. The first-order valence-corrected chi connectivity index (χ1v) is 4.94. The summed E-state index contributed by atoms with van der Waals surface area (Å²) in [5.41, 5.74) is 0.974. The maximum absolute atomic E-state index is 13.1. The van der Waals surface area contributed by atoms with Gasteiger partial charge in [-0.1, -0.05) is 0 Å². The molecule has 0 aliphatic carbocycles. The van der Waals surface area contributed by atoms with Crippen molar-refractivity contribution in [3.05, 3.63) is 47.7 Å². The summed E-state index contributed by atoms with van der Waals surface area (Å²) in [6, 6.07) is 3.51. The zero-order chi connectivity index (χ0) is 12.4. The Labute approximate surface area is 96.2 Å². The second-order valence-electron chi connectivity index (χ2n) is 3.58. The zero-order valence-electron chi connectivity index (χ0n) is 8.99. The standard InChI is InChI=1S/C12H9F3N2/c1-7-5-17-11(6-16-7)8-2-3-10(13)9(4-8)12(14)15/h2-6,12H,1H3. The van der Waals surface area contributed by atoms with Gasteiger partial charge in [-0.25, -0.2) is 13.2 Å². The molecule has 2 nitrogen and oxygen atoms in total. The normalized spacial score (nSPS) is 10.9. The number of hydrogen-bond acceptors (Lipinski definition) is 2. The fourth-order valence-corrected chi connectivity index (χ4v) is 1.41. The van der Waals surface area contributed by atoms with Crippen LogP contribution in [0.4, 0.5) is 13.2 Å². The summed E-state index contributed by atoms with van der Waals surface area (Å²) >= 11 is 0. The number of nitrogens with zero attached hydrogens (tertiary/aromatic N) is 2. The van der Waals surface area contributed by atoms with Crippen LogP contribution in [0.3, 0.4) is 0 Å². The summed E-state index contributed by atoms with van der Waals surface area (Å²) in [4.78, 5) is 8.06. The van der Waals surface area contributed by atoms with Crippen molar-refractivity contribution >= 4 is 0 Å². The molecular formula is C12H9F3N2. The number of hydrogen-bond donors (Lipinski definition) is 0. The average molecular weight is 238 g/mol. The molecule has 1 heterocycles. The minimum Gasteiger partial charge on any atom is -0.258 e. The van der Waals surface area contributed by atoms with Crippen LogP contribution in [0.2, 0.25) is 0 Å². The lowest BCUT2D eigenvalue weighted by Crippen LogP contribution is -1.93. The molecule has 0 atom stereocenters. The lowest BCUT2D eigenvalue weighted by Gasteiger charge is -2.05. The predicted octanol–water partition coefficient (Wildman–Crippen LogP) is 3.53. The molecular weight excluding hydrogens is 229 g/mol. The van der Waals surface area contributed by atoms with Crippen LogP contribution in [0.1, 0.15) is 17.7 Å². The van der Waals surface area contributed by atoms with Crippen LogP contribution < -0.4 is 0 Å². The molecule has 0 unspecified atom stereocenters. The van der Waals surface area contributed by atoms with E-state index in [1.807, 2.05) is 0 Å². The zero-order valence-corrected chi connectivity index (χ0v) is 8.99. The Hall–Kier alpha value is -1.91. The highest BCUT2D eigenvalue weighted by Gasteiger charge is 2.14. The van der Waals surface area contributed by atoms with Crippen LogP contribution in [0.25, 0.3) is 11.3 Å². The molecule has 0 N–H and O–H groups in total. The molecule has 0 aliphatic heterocycles. The molecule has 0 spiro atoms. The van der Waals surface area contributed by atoms with Crippen molar-refractivity contribution in [1.29, 1.82) is 0 Å². The summed E-state index contributed by atoms with van der Waals surface area (Å²) in [5.74, 6) is -0.913. The topological polar surface area (TPSA) is 25.8 Å². The Morgan fingerprint density at radius 1 is 1.12 bits per heavy atom. The minimum absolute atomic E-state index is 0.425. The van der Waals surface area contributed by atoms with Crippen molar-refractivity contribution in [2.45, 2.75) is 13.3 Å². The fraction of sp³-hybridized carbons (Fsp3) is 0.167. The molecule has 0 aliphatic rings. The SMILES string of the molecule is Cc1cnc(-c2ccc(F)c(C(F)F)c2)cn1. The van der Waals surface area contributed by atoms with E-state index >= 15 is 0 Å². The summed E-state index contributed by atoms with van der Waals surface area (Å²) in [7, 11) is 0. The molecule has 88 valence electrons. The van der Waals surface area contributed by atoms with Gasteiger partial charge in [-0.05, 0) is 25.1 Å². The molecule has 0 bridgehead atoms. The monoisotopic (exact) mass is 238 g/mol. The van der Waals surface area contributed by atoms with Gasteiger partial charge in [-0.15, -0.1) is 0 Å². The summed E-state index contributed by atoms with van der Waals surface area (Å²) in [6.07, 6.45) is 0.159. The third kappa shape index (κ3) is 2.43. The maximum Gasteiger partial charge on any atom is 0.266 e. The molecule has 0 radical (unpaired) electrons. The Kier molecular flexibility index (Phi) is 3.08. The van der Waals surface area contributed by atoms with E-state index in [0.717, 1.165) is 17.8 Å². The van der Waals surface area contributed by atoms with Gasteiger partial charge in [-0.2, -0.15) is 0 Å². The van der Waals surface area contributed by atoms with E-state index in [9.17, 15) is 13.2 Å². The summed E-state index contributed by atoms with van der Waals surface area (Å²) in [6.45, 7) is 1.77. The third-order valence-electron chi connectivity index (χ3n) is 2.31. The van der Waals surface area contributed by atoms with Crippen LogP contribution in [0, 0.1) is 12.7 Å². The first-order chi connectivity index (χ1) is 8.08. The van der Waals surface area contributed by atoms with Crippen LogP contribution in [-0.4, -0.2) is 9.97 Å². The molecule has 0 saturated carbocycles. The molecule has 0 saturated heterocycles. The van der Waals surface area contributed by atoms with Gasteiger partial charge >= 0.3 is 0 Å².